The van der Waals surface area contributed by atoms with Gasteiger partial charge in [-0.25, -0.2) is 0 Å². The number of hydrogen-bond donors (Lipinski definition) is 1. The summed E-state index contributed by atoms with van der Waals surface area (Å²) < 4.78 is 5.45. The molecule has 2 atom stereocenters. The SMILES string of the molecule is C=CCCOC(C)C(=O)N1CCNC(C)C1.Cl. The molecule has 0 radical (unpaired) electrons. The van der Waals surface area contributed by atoms with Gasteiger partial charge in [-0.2, -0.15) is 0 Å². The summed E-state index contributed by atoms with van der Waals surface area (Å²) in [5.74, 6) is 0.0948. The van der Waals surface area contributed by atoms with Crippen LogP contribution >= 0.6 is 12.4 Å². The Bertz CT molecular complexity index is 249. The zero-order chi connectivity index (χ0) is 12.0. The van der Waals surface area contributed by atoms with E-state index in [1.165, 1.54) is 0 Å². The lowest BCUT2D eigenvalue weighted by atomic mass is 10.2. The molecule has 0 bridgehead atoms. The Balaban J connectivity index is 0.00000256. The van der Waals surface area contributed by atoms with Gasteiger partial charge in [0.2, 0.25) is 0 Å². The number of nitrogens with one attached hydrogen (secondary N) is 1. The molecule has 17 heavy (non-hydrogen) atoms. The Kier molecular flexibility index (Phi) is 8.21. The molecule has 100 valence electrons. The van der Waals surface area contributed by atoms with Gasteiger partial charge in [-0.05, 0) is 20.3 Å². The van der Waals surface area contributed by atoms with Gasteiger partial charge >= 0.3 is 0 Å². The molecule has 1 N–H and O–H groups in total. The van der Waals surface area contributed by atoms with Crippen molar-refractivity contribution in [2.75, 3.05) is 26.2 Å². The Labute approximate surface area is 110 Å². The van der Waals surface area contributed by atoms with Gasteiger partial charge in [0.1, 0.15) is 6.10 Å². The summed E-state index contributed by atoms with van der Waals surface area (Å²) >= 11 is 0. The molecular formula is C12H23ClN2O2. The standard InChI is InChI=1S/C12H22N2O2.ClH/c1-4-5-8-16-11(3)12(15)14-7-6-13-10(2)9-14;/h4,10-11,13H,1,5-9H2,2-3H3;1H. The van der Waals surface area contributed by atoms with Crippen molar-refractivity contribution in [3.63, 3.8) is 0 Å². The molecule has 0 aromatic rings. The summed E-state index contributed by atoms with van der Waals surface area (Å²) in [4.78, 5) is 13.9. The second kappa shape index (κ2) is 8.50. The fourth-order valence-corrected chi connectivity index (χ4v) is 1.79. The van der Waals surface area contributed by atoms with Crippen LogP contribution in [-0.4, -0.2) is 49.2 Å². The van der Waals surface area contributed by atoms with E-state index in [-0.39, 0.29) is 24.4 Å². The Hall–Kier alpha value is -0.580. The van der Waals surface area contributed by atoms with Gasteiger partial charge in [0.25, 0.3) is 5.91 Å². The van der Waals surface area contributed by atoms with Crippen LogP contribution in [0.1, 0.15) is 20.3 Å². The highest BCUT2D eigenvalue weighted by Crippen LogP contribution is 2.04. The zero-order valence-electron chi connectivity index (χ0n) is 10.6. The van der Waals surface area contributed by atoms with Crippen LogP contribution in [0.4, 0.5) is 0 Å². The van der Waals surface area contributed by atoms with Crippen LogP contribution in [0.25, 0.3) is 0 Å². The molecule has 0 spiro atoms. The molecule has 1 aliphatic heterocycles. The molecule has 0 aliphatic carbocycles. The van der Waals surface area contributed by atoms with Crippen LogP contribution in [0.2, 0.25) is 0 Å². The highest BCUT2D eigenvalue weighted by Gasteiger charge is 2.24. The Morgan fingerprint density at radius 3 is 3.00 bits per heavy atom. The van der Waals surface area contributed by atoms with Crippen molar-refractivity contribution < 1.29 is 9.53 Å². The van der Waals surface area contributed by atoms with Crippen LogP contribution in [0.5, 0.6) is 0 Å². The van der Waals surface area contributed by atoms with E-state index in [1.807, 2.05) is 11.8 Å². The summed E-state index contributed by atoms with van der Waals surface area (Å²) in [6, 6.07) is 0.373. The van der Waals surface area contributed by atoms with E-state index in [0.717, 1.165) is 26.1 Å². The number of carbonyl (C=O) groups is 1. The number of halogens is 1. The molecule has 4 nitrogen and oxygen atoms in total. The van der Waals surface area contributed by atoms with Gasteiger partial charge in [-0.15, -0.1) is 19.0 Å². The minimum absolute atomic E-state index is 0. The summed E-state index contributed by atoms with van der Waals surface area (Å²) in [6.45, 7) is 10.5. The average molecular weight is 263 g/mol. The topological polar surface area (TPSA) is 41.6 Å². The Morgan fingerprint density at radius 1 is 1.71 bits per heavy atom. The molecule has 1 rings (SSSR count). The number of ether oxygens (including phenoxy) is 1. The largest absolute Gasteiger partial charge is 0.368 e. The molecule has 1 saturated heterocycles. The highest BCUT2D eigenvalue weighted by atomic mass is 35.5. The highest BCUT2D eigenvalue weighted by molar-refractivity contribution is 5.85. The fraction of sp³-hybridized carbons (Fsp3) is 0.750. The zero-order valence-corrected chi connectivity index (χ0v) is 11.5. The first-order chi connectivity index (χ1) is 7.65. The molecule has 2 unspecified atom stereocenters. The number of rotatable bonds is 5. The normalized spacial score (nSPS) is 21.5. The van der Waals surface area contributed by atoms with E-state index < -0.39 is 0 Å². The molecule has 1 fully saturated rings. The summed E-state index contributed by atoms with van der Waals surface area (Å²) in [5.41, 5.74) is 0. The molecule has 5 heteroatoms. The number of carbonyl (C=O) groups excluding carboxylic acids is 1. The first-order valence-electron chi connectivity index (χ1n) is 5.89. The second-order valence-corrected chi connectivity index (χ2v) is 4.23. The van der Waals surface area contributed by atoms with E-state index >= 15 is 0 Å². The molecule has 1 amide bonds. The third kappa shape index (κ3) is 5.52. The van der Waals surface area contributed by atoms with Crippen LogP contribution in [0.15, 0.2) is 12.7 Å². The van der Waals surface area contributed by atoms with E-state index in [4.69, 9.17) is 4.74 Å². The van der Waals surface area contributed by atoms with Crippen LogP contribution in [0, 0.1) is 0 Å². The van der Waals surface area contributed by atoms with E-state index in [1.54, 1.807) is 6.08 Å². The molecule has 1 aliphatic rings. The lowest BCUT2D eigenvalue weighted by Crippen LogP contribution is -2.53. The number of amides is 1. The second-order valence-electron chi connectivity index (χ2n) is 4.23. The summed E-state index contributed by atoms with van der Waals surface area (Å²) in [5, 5.41) is 3.31. The maximum Gasteiger partial charge on any atom is 0.251 e. The number of hydrogen-bond acceptors (Lipinski definition) is 3. The smallest absolute Gasteiger partial charge is 0.251 e. The summed E-state index contributed by atoms with van der Waals surface area (Å²) in [7, 11) is 0. The van der Waals surface area contributed by atoms with Crippen molar-refractivity contribution in [3.05, 3.63) is 12.7 Å². The quantitative estimate of drug-likeness (QED) is 0.598. The van der Waals surface area contributed by atoms with Crippen molar-refractivity contribution in [2.45, 2.75) is 32.4 Å². The first-order valence-corrected chi connectivity index (χ1v) is 5.89. The van der Waals surface area contributed by atoms with Crippen LogP contribution in [0.3, 0.4) is 0 Å². The Morgan fingerprint density at radius 2 is 2.41 bits per heavy atom. The monoisotopic (exact) mass is 262 g/mol. The summed E-state index contributed by atoms with van der Waals surface area (Å²) in [6.07, 6.45) is 2.24. The molecule has 1 heterocycles. The van der Waals surface area contributed by atoms with Crippen molar-refractivity contribution in [1.82, 2.24) is 10.2 Å². The molecule has 0 saturated carbocycles. The van der Waals surface area contributed by atoms with Gasteiger partial charge < -0.3 is 15.0 Å². The van der Waals surface area contributed by atoms with Crippen molar-refractivity contribution >= 4 is 18.3 Å². The predicted octanol–water partition coefficient (Wildman–Crippen LogP) is 1.21. The third-order valence-electron chi connectivity index (χ3n) is 2.72. The maximum atomic E-state index is 12.0. The minimum Gasteiger partial charge on any atom is -0.368 e. The minimum atomic E-state index is -0.342. The van der Waals surface area contributed by atoms with E-state index in [9.17, 15) is 4.79 Å². The van der Waals surface area contributed by atoms with Gasteiger partial charge in [-0.1, -0.05) is 6.08 Å². The average Bonchev–Trinajstić information content (AvgIpc) is 2.28. The fourth-order valence-electron chi connectivity index (χ4n) is 1.79. The van der Waals surface area contributed by atoms with E-state index in [0.29, 0.717) is 12.6 Å². The maximum absolute atomic E-state index is 12.0. The van der Waals surface area contributed by atoms with Gasteiger partial charge in [0.15, 0.2) is 0 Å². The van der Waals surface area contributed by atoms with Crippen LogP contribution < -0.4 is 5.32 Å². The van der Waals surface area contributed by atoms with Gasteiger partial charge in [-0.3, -0.25) is 4.79 Å². The predicted molar refractivity (Wildman–Crippen MR) is 71.5 cm³/mol. The van der Waals surface area contributed by atoms with Crippen molar-refractivity contribution in [2.24, 2.45) is 0 Å². The van der Waals surface area contributed by atoms with Crippen molar-refractivity contribution in [1.29, 1.82) is 0 Å². The number of nitrogens with zero attached hydrogens (tertiary/aromatic N) is 1. The van der Waals surface area contributed by atoms with Gasteiger partial charge in [0.05, 0.1) is 6.61 Å². The van der Waals surface area contributed by atoms with Crippen molar-refractivity contribution in [3.8, 4) is 0 Å². The lowest BCUT2D eigenvalue weighted by Gasteiger charge is -2.33. The lowest BCUT2D eigenvalue weighted by molar-refractivity contribution is -0.143. The molecular weight excluding hydrogens is 240 g/mol. The number of piperazine rings is 1. The molecule has 0 aromatic heterocycles. The first kappa shape index (κ1) is 16.4. The van der Waals surface area contributed by atoms with Crippen LogP contribution in [-0.2, 0) is 9.53 Å². The van der Waals surface area contributed by atoms with Gasteiger partial charge in [0, 0.05) is 25.7 Å². The third-order valence-corrected chi connectivity index (χ3v) is 2.72. The molecule has 0 aromatic carbocycles. The van der Waals surface area contributed by atoms with E-state index in [2.05, 4.69) is 18.8 Å².